The van der Waals surface area contributed by atoms with Crippen molar-refractivity contribution < 1.29 is 9.18 Å². The van der Waals surface area contributed by atoms with Crippen LogP contribution in [0.1, 0.15) is 14.5 Å². The molecule has 0 bridgehead atoms. The van der Waals surface area contributed by atoms with Crippen molar-refractivity contribution in [2.24, 2.45) is 0 Å². The van der Waals surface area contributed by atoms with E-state index in [9.17, 15) is 9.18 Å². The van der Waals surface area contributed by atoms with Crippen LogP contribution in [0.3, 0.4) is 0 Å². The molecule has 0 aliphatic carbocycles. The molecule has 0 aliphatic heterocycles. The highest BCUT2D eigenvalue weighted by atomic mass is 79.9. The van der Waals surface area contributed by atoms with E-state index in [0.29, 0.717) is 0 Å². The summed E-state index contributed by atoms with van der Waals surface area (Å²) < 4.78 is 14.1. The van der Waals surface area contributed by atoms with Crippen molar-refractivity contribution in [2.75, 3.05) is 0 Å². The normalized spacial score (nSPS) is 10.5. The second-order valence-corrected chi connectivity index (χ2v) is 5.76. The van der Waals surface area contributed by atoms with Gasteiger partial charge in [-0.1, -0.05) is 0 Å². The molecule has 15 heavy (non-hydrogen) atoms. The molecule has 0 saturated heterocycles. The average molecular weight is 305 g/mol. The lowest BCUT2D eigenvalue weighted by Crippen LogP contribution is -2.01. The van der Waals surface area contributed by atoms with Gasteiger partial charge in [-0.05, 0) is 33.4 Å². The van der Waals surface area contributed by atoms with Crippen LogP contribution in [-0.4, -0.2) is 5.78 Å². The number of hydrogen-bond donors (Lipinski definition) is 0. The van der Waals surface area contributed by atoms with Gasteiger partial charge in [0.25, 0.3) is 0 Å². The van der Waals surface area contributed by atoms with Crippen LogP contribution in [0, 0.1) is 5.82 Å². The van der Waals surface area contributed by atoms with Gasteiger partial charge in [-0.25, -0.2) is 4.39 Å². The third kappa shape index (κ3) is 2.53. The van der Waals surface area contributed by atoms with Gasteiger partial charge in [0.2, 0.25) is 0 Å². The fourth-order valence-electron chi connectivity index (χ4n) is 1.18. The fourth-order valence-corrected chi connectivity index (χ4v) is 3.34. The van der Waals surface area contributed by atoms with E-state index < -0.39 is 5.82 Å². The summed E-state index contributed by atoms with van der Waals surface area (Å²) >= 11 is 5.96. The molecule has 2 aromatic rings. The van der Waals surface area contributed by atoms with Crippen molar-refractivity contribution in [3.05, 3.63) is 42.9 Å². The predicted molar refractivity (Wildman–Crippen MR) is 64.3 cm³/mol. The van der Waals surface area contributed by atoms with Crippen LogP contribution in [-0.2, 0) is 6.42 Å². The van der Waals surface area contributed by atoms with Crippen molar-refractivity contribution in [3.8, 4) is 0 Å². The van der Waals surface area contributed by atoms with E-state index in [0.717, 1.165) is 20.7 Å². The topological polar surface area (TPSA) is 17.1 Å². The van der Waals surface area contributed by atoms with Gasteiger partial charge in [-0.2, -0.15) is 0 Å². The molecular formula is C10H6BrFOS2. The second kappa shape index (κ2) is 4.55. The Balaban J connectivity index is 2.14. The third-order valence-corrected chi connectivity index (χ3v) is 4.46. The highest BCUT2D eigenvalue weighted by Gasteiger charge is 2.14. The van der Waals surface area contributed by atoms with Gasteiger partial charge < -0.3 is 0 Å². The largest absolute Gasteiger partial charge is 0.293 e. The van der Waals surface area contributed by atoms with Crippen LogP contribution in [0.4, 0.5) is 4.39 Å². The molecule has 2 rings (SSSR count). The van der Waals surface area contributed by atoms with E-state index in [1.54, 1.807) is 5.38 Å². The Morgan fingerprint density at radius 3 is 2.80 bits per heavy atom. The van der Waals surface area contributed by atoms with E-state index in [-0.39, 0.29) is 17.1 Å². The summed E-state index contributed by atoms with van der Waals surface area (Å²) in [6.45, 7) is 0. The molecule has 0 aromatic carbocycles. The summed E-state index contributed by atoms with van der Waals surface area (Å²) in [6.07, 6.45) is 0.272. The van der Waals surface area contributed by atoms with Crippen LogP contribution < -0.4 is 0 Å². The lowest BCUT2D eigenvalue weighted by molar-refractivity contribution is 0.0994. The zero-order chi connectivity index (χ0) is 10.8. The second-order valence-electron chi connectivity index (χ2n) is 2.93. The van der Waals surface area contributed by atoms with Gasteiger partial charge in [0.1, 0.15) is 10.7 Å². The van der Waals surface area contributed by atoms with E-state index in [4.69, 9.17) is 0 Å². The van der Waals surface area contributed by atoms with Gasteiger partial charge in [-0.3, -0.25) is 4.79 Å². The molecule has 5 heteroatoms. The summed E-state index contributed by atoms with van der Waals surface area (Å²) in [6, 6.07) is 3.20. The zero-order valence-electron chi connectivity index (χ0n) is 7.50. The van der Waals surface area contributed by atoms with E-state index >= 15 is 0 Å². The molecule has 0 radical (unpaired) electrons. The molecule has 1 nitrogen and oxygen atoms in total. The highest BCUT2D eigenvalue weighted by Crippen LogP contribution is 2.23. The number of thiophene rings is 2. The Bertz CT molecular complexity index is 489. The Hall–Kier alpha value is -0.520. The number of carbonyl (C=O) groups excluding carboxylic acids is 1. The lowest BCUT2D eigenvalue weighted by atomic mass is 10.2. The number of hydrogen-bond acceptors (Lipinski definition) is 3. The predicted octanol–water partition coefficient (Wildman–Crippen LogP) is 4.14. The standard InChI is InChI=1S/C10H6BrFOS2/c11-6-3-7(15-5-6)4-9(13)10-8(12)1-2-14-10/h1-3,5H,4H2. The van der Waals surface area contributed by atoms with Crippen LogP contribution in [0.15, 0.2) is 27.4 Å². The maximum Gasteiger partial charge on any atom is 0.180 e. The maximum atomic E-state index is 13.1. The smallest absolute Gasteiger partial charge is 0.180 e. The first kappa shape index (κ1) is 11.0. The lowest BCUT2D eigenvalue weighted by Gasteiger charge is -1.94. The summed E-state index contributed by atoms with van der Waals surface area (Å²) in [5.41, 5.74) is 0. The van der Waals surface area contributed by atoms with Crippen LogP contribution >= 0.6 is 38.6 Å². The molecule has 2 aromatic heterocycles. The summed E-state index contributed by atoms with van der Waals surface area (Å²) in [5.74, 6) is -0.572. The monoisotopic (exact) mass is 304 g/mol. The highest BCUT2D eigenvalue weighted by molar-refractivity contribution is 9.10. The van der Waals surface area contributed by atoms with Gasteiger partial charge in [0.15, 0.2) is 5.78 Å². The average Bonchev–Trinajstić information content (AvgIpc) is 2.75. The summed E-state index contributed by atoms with van der Waals surface area (Å²) in [7, 11) is 0. The Labute approximate surface area is 103 Å². The van der Waals surface area contributed by atoms with Crippen molar-refractivity contribution in [1.82, 2.24) is 0 Å². The number of ketones is 1. The zero-order valence-corrected chi connectivity index (χ0v) is 10.7. The third-order valence-electron chi connectivity index (χ3n) is 1.83. The maximum absolute atomic E-state index is 13.1. The molecule has 2 heterocycles. The Morgan fingerprint density at radius 2 is 2.27 bits per heavy atom. The molecular weight excluding hydrogens is 299 g/mol. The number of carbonyl (C=O) groups is 1. The molecule has 0 fully saturated rings. The number of Topliss-reactive ketones (excluding diaryl/α,β-unsaturated/α-hetero) is 1. The molecule has 0 saturated carbocycles. The minimum Gasteiger partial charge on any atom is -0.293 e. The minimum atomic E-state index is -0.416. The van der Waals surface area contributed by atoms with Crippen molar-refractivity contribution >= 4 is 44.4 Å². The van der Waals surface area contributed by atoms with Gasteiger partial charge in [0.05, 0.1) is 0 Å². The first-order valence-corrected chi connectivity index (χ1v) is 6.71. The van der Waals surface area contributed by atoms with Crippen LogP contribution in [0.25, 0.3) is 0 Å². The van der Waals surface area contributed by atoms with Crippen molar-refractivity contribution in [2.45, 2.75) is 6.42 Å². The first-order valence-electron chi connectivity index (χ1n) is 4.16. The van der Waals surface area contributed by atoms with Gasteiger partial charge >= 0.3 is 0 Å². The van der Waals surface area contributed by atoms with Crippen molar-refractivity contribution in [1.29, 1.82) is 0 Å². The van der Waals surface area contributed by atoms with Crippen molar-refractivity contribution in [3.63, 3.8) is 0 Å². The minimum absolute atomic E-state index is 0.156. The molecule has 78 valence electrons. The summed E-state index contributed by atoms with van der Waals surface area (Å²) in [4.78, 5) is 12.8. The van der Waals surface area contributed by atoms with Crippen LogP contribution in [0.2, 0.25) is 0 Å². The molecule has 0 amide bonds. The SMILES string of the molecule is O=C(Cc1cc(Br)cs1)c1sccc1F. The molecule has 0 spiro atoms. The molecule has 0 atom stereocenters. The first-order chi connectivity index (χ1) is 7.16. The van der Waals surface area contributed by atoms with Crippen LogP contribution in [0.5, 0.6) is 0 Å². The fraction of sp³-hybridized carbons (Fsp3) is 0.100. The van der Waals surface area contributed by atoms with E-state index in [1.807, 2.05) is 11.4 Å². The Morgan fingerprint density at radius 1 is 1.47 bits per heavy atom. The number of halogens is 2. The Kier molecular flexibility index (Phi) is 3.33. The van der Waals surface area contributed by atoms with Gasteiger partial charge in [0, 0.05) is 21.2 Å². The van der Waals surface area contributed by atoms with E-state index in [1.165, 1.54) is 17.4 Å². The molecule has 0 N–H and O–H groups in total. The quantitative estimate of drug-likeness (QED) is 0.779. The van der Waals surface area contributed by atoms with Gasteiger partial charge in [-0.15, -0.1) is 22.7 Å². The molecule has 0 unspecified atom stereocenters. The van der Waals surface area contributed by atoms with E-state index in [2.05, 4.69) is 15.9 Å². The summed E-state index contributed by atoms with van der Waals surface area (Å²) in [5, 5.41) is 3.50. The number of rotatable bonds is 3. The molecule has 0 aliphatic rings.